The maximum atomic E-state index is 12.5. The Morgan fingerprint density at radius 1 is 0.818 bits per heavy atom. The number of ether oxygens (including phenoxy) is 3. The highest BCUT2D eigenvalue weighted by Crippen LogP contribution is 2.23. The maximum absolute atomic E-state index is 12.5. The van der Waals surface area contributed by atoms with Gasteiger partial charge in [0.05, 0.1) is 12.2 Å². The molecule has 0 saturated carbocycles. The van der Waals surface area contributed by atoms with Gasteiger partial charge in [-0.2, -0.15) is 0 Å². The minimum Gasteiger partial charge on any atom is -0.494 e. The second-order valence-electron chi connectivity index (χ2n) is 7.19. The third-order valence-corrected chi connectivity index (χ3v) is 4.66. The van der Waals surface area contributed by atoms with Crippen LogP contribution in [0.3, 0.4) is 0 Å². The summed E-state index contributed by atoms with van der Waals surface area (Å²) in [7, 11) is 0. The average molecular weight is 447 g/mol. The van der Waals surface area contributed by atoms with Crippen LogP contribution in [0.4, 0.5) is 5.69 Å². The molecule has 33 heavy (non-hydrogen) atoms. The third kappa shape index (κ3) is 6.67. The lowest BCUT2D eigenvalue weighted by molar-refractivity contribution is -0.131. The van der Waals surface area contributed by atoms with Crippen LogP contribution in [0, 0.1) is 0 Å². The Labute approximate surface area is 192 Å². The number of nitrogens with one attached hydrogen (secondary N) is 1. The molecular formula is C26H25NO6. The van der Waals surface area contributed by atoms with E-state index in [-0.39, 0.29) is 5.97 Å². The summed E-state index contributed by atoms with van der Waals surface area (Å²) in [6.07, 6.45) is -0.974. The molecule has 1 atom stereocenters. The van der Waals surface area contributed by atoms with E-state index in [0.29, 0.717) is 29.4 Å². The molecule has 1 amide bonds. The lowest BCUT2D eigenvalue weighted by Gasteiger charge is -2.14. The molecule has 0 saturated heterocycles. The van der Waals surface area contributed by atoms with Gasteiger partial charge < -0.3 is 19.5 Å². The van der Waals surface area contributed by atoms with Crippen molar-refractivity contribution in [1.82, 2.24) is 0 Å². The zero-order valence-electron chi connectivity index (χ0n) is 18.7. The van der Waals surface area contributed by atoms with E-state index < -0.39 is 18.0 Å². The fourth-order valence-corrected chi connectivity index (χ4v) is 3.01. The van der Waals surface area contributed by atoms with Gasteiger partial charge in [0.2, 0.25) is 0 Å². The van der Waals surface area contributed by atoms with Gasteiger partial charge in [-0.1, -0.05) is 24.3 Å². The maximum Gasteiger partial charge on any atom is 0.338 e. The van der Waals surface area contributed by atoms with Crippen LogP contribution in [0.25, 0.3) is 11.1 Å². The van der Waals surface area contributed by atoms with Crippen LogP contribution in [0.15, 0.2) is 72.8 Å². The predicted molar refractivity (Wildman–Crippen MR) is 124 cm³/mol. The highest BCUT2D eigenvalue weighted by Gasteiger charge is 2.19. The van der Waals surface area contributed by atoms with Crippen molar-refractivity contribution in [3.8, 4) is 22.6 Å². The number of benzene rings is 3. The number of rotatable bonds is 8. The van der Waals surface area contributed by atoms with Gasteiger partial charge in [0.25, 0.3) is 5.91 Å². The van der Waals surface area contributed by atoms with E-state index in [2.05, 4.69) is 5.32 Å². The van der Waals surface area contributed by atoms with Crippen LogP contribution in [-0.2, 0) is 14.3 Å². The van der Waals surface area contributed by atoms with E-state index in [1.807, 2.05) is 19.1 Å². The largest absolute Gasteiger partial charge is 0.494 e. The highest BCUT2D eigenvalue weighted by molar-refractivity contribution is 5.97. The number of carbonyl (C=O) groups excluding carboxylic acids is 3. The molecular weight excluding hydrogens is 422 g/mol. The van der Waals surface area contributed by atoms with Crippen molar-refractivity contribution in [3.63, 3.8) is 0 Å². The molecule has 1 N–H and O–H groups in total. The number of hydrogen-bond acceptors (Lipinski definition) is 6. The Kier molecular flexibility index (Phi) is 7.81. The molecule has 1 unspecified atom stereocenters. The van der Waals surface area contributed by atoms with E-state index in [1.165, 1.54) is 13.8 Å². The van der Waals surface area contributed by atoms with Crippen molar-refractivity contribution in [1.29, 1.82) is 0 Å². The summed E-state index contributed by atoms with van der Waals surface area (Å²) >= 11 is 0. The quantitative estimate of drug-likeness (QED) is 0.392. The number of esters is 2. The summed E-state index contributed by atoms with van der Waals surface area (Å²) in [5.74, 6) is -0.242. The van der Waals surface area contributed by atoms with Crippen LogP contribution in [0.2, 0.25) is 0 Å². The molecule has 3 rings (SSSR count). The third-order valence-electron chi connectivity index (χ3n) is 4.66. The topological polar surface area (TPSA) is 90.9 Å². The molecule has 0 aliphatic rings. The van der Waals surface area contributed by atoms with Crippen molar-refractivity contribution >= 4 is 23.5 Å². The smallest absolute Gasteiger partial charge is 0.338 e. The van der Waals surface area contributed by atoms with Crippen molar-refractivity contribution in [2.45, 2.75) is 26.9 Å². The molecule has 0 heterocycles. The minimum absolute atomic E-state index is 0.330. The number of anilines is 1. The summed E-state index contributed by atoms with van der Waals surface area (Å²) < 4.78 is 15.7. The second kappa shape index (κ2) is 10.9. The van der Waals surface area contributed by atoms with Crippen molar-refractivity contribution < 1.29 is 28.6 Å². The van der Waals surface area contributed by atoms with E-state index >= 15 is 0 Å². The molecule has 0 fully saturated rings. The molecule has 0 radical (unpaired) electrons. The van der Waals surface area contributed by atoms with Gasteiger partial charge in [-0.3, -0.25) is 9.59 Å². The van der Waals surface area contributed by atoms with E-state index in [9.17, 15) is 14.4 Å². The normalized spacial score (nSPS) is 11.2. The summed E-state index contributed by atoms with van der Waals surface area (Å²) in [6.45, 7) is 5.31. The van der Waals surface area contributed by atoms with Gasteiger partial charge in [-0.15, -0.1) is 0 Å². The molecule has 7 nitrogen and oxygen atoms in total. The van der Waals surface area contributed by atoms with Crippen molar-refractivity contribution in [3.05, 3.63) is 78.4 Å². The summed E-state index contributed by atoms with van der Waals surface area (Å²) in [4.78, 5) is 35.8. The van der Waals surface area contributed by atoms with E-state index in [4.69, 9.17) is 14.2 Å². The Morgan fingerprint density at radius 3 is 1.91 bits per heavy atom. The standard InChI is InChI=1S/C26H25NO6/c1-4-31-23-15-11-22(12-16-23)27-25(29)17(2)32-26(30)21-7-5-19(6-8-21)20-9-13-24(14-10-20)33-18(3)28/h5-17H,4H2,1-3H3,(H,27,29). The van der Waals surface area contributed by atoms with Gasteiger partial charge in [-0.25, -0.2) is 4.79 Å². The zero-order chi connectivity index (χ0) is 23.8. The second-order valence-corrected chi connectivity index (χ2v) is 7.19. The first-order chi connectivity index (χ1) is 15.9. The number of hydrogen-bond donors (Lipinski definition) is 1. The van der Waals surface area contributed by atoms with E-state index in [0.717, 1.165) is 11.1 Å². The molecule has 3 aromatic rings. The highest BCUT2D eigenvalue weighted by atomic mass is 16.5. The van der Waals surface area contributed by atoms with E-state index in [1.54, 1.807) is 60.7 Å². The first-order valence-corrected chi connectivity index (χ1v) is 10.5. The van der Waals surface area contributed by atoms with Gasteiger partial charge >= 0.3 is 11.9 Å². The average Bonchev–Trinajstić information content (AvgIpc) is 2.80. The van der Waals surface area contributed by atoms with Gasteiger partial charge in [0.1, 0.15) is 11.5 Å². The van der Waals surface area contributed by atoms with Gasteiger partial charge in [0.15, 0.2) is 6.10 Å². The number of amides is 1. The fraction of sp³-hybridized carbons (Fsp3) is 0.192. The first kappa shape index (κ1) is 23.5. The lowest BCUT2D eigenvalue weighted by atomic mass is 10.0. The molecule has 170 valence electrons. The van der Waals surface area contributed by atoms with Crippen molar-refractivity contribution in [2.75, 3.05) is 11.9 Å². The van der Waals surface area contributed by atoms with Gasteiger partial charge in [-0.05, 0) is 73.5 Å². The zero-order valence-corrected chi connectivity index (χ0v) is 18.7. The van der Waals surface area contributed by atoms with Crippen molar-refractivity contribution in [2.24, 2.45) is 0 Å². The predicted octanol–water partition coefficient (Wildman–Crippen LogP) is 4.86. The van der Waals surface area contributed by atoms with Crippen LogP contribution in [-0.4, -0.2) is 30.6 Å². The molecule has 7 heteroatoms. The van der Waals surface area contributed by atoms with Crippen LogP contribution >= 0.6 is 0 Å². The lowest BCUT2D eigenvalue weighted by Crippen LogP contribution is -2.30. The summed E-state index contributed by atoms with van der Waals surface area (Å²) in [6, 6.07) is 20.8. The minimum atomic E-state index is -0.974. The van der Waals surface area contributed by atoms with Crippen LogP contribution in [0.5, 0.6) is 11.5 Å². The van der Waals surface area contributed by atoms with Gasteiger partial charge in [0, 0.05) is 12.6 Å². The molecule has 0 bridgehead atoms. The Hall–Kier alpha value is -4.13. The summed E-state index contributed by atoms with van der Waals surface area (Å²) in [5.41, 5.74) is 2.68. The van der Waals surface area contributed by atoms with Crippen LogP contribution < -0.4 is 14.8 Å². The molecule has 3 aromatic carbocycles. The fourth-order valence-electron chi connectivity index (χ4n) is 3.01. The molecule has 0 aliphatic carbocycles. The summed E-state index contributed by atoms with van der Waals surface area (Å²) in [5, 5.41) is 2.71. The Balaban J connectivity index is 1.57. The number of carbonyl (C=O) groups is 3. The molecule has 0 aromatic heterocycles. The Morgan fingerprint density at radius 2 is 1.36 bits per heavy atom. The van der Waals surface area contributed by atoms with Crippen LogP contribution in [0.1, 0.15) is 31.1 Å². The molecule has 0 aliphatic heterocycles. The molecule has 0 spiro atoms. The first-order valence-electron chi connectivity index (χ1n) is 10.5. The Bertz CT molecular complexity index is 1110. The monoisotopic (exact) mass is 447 g/mol. The SMILES string of the molecule is CCOc1ccc(NC(=O)C(C)OC(=O)c2ccc(-c3ccc(OC(C)=O)cc3)cc2)cc1.